The SMILES string of the molecule is CC/C=C\C/C=C\C/C=C\C/C=C\C/C=C\C/C=C\C/C=C\C/C=C\CCCCCCCCCCCCC(=O)OC(COC(=O)CCCCCCCCCCCC/C=C\C/C=C\C/C=C\C/C=C\C/C=C\C/C=C\CC)COC(OCC[N+](C)(C)C)C(=O)O. The number of hydrogen-bond donors (Lipinski definition) is 1. The Bertz CT molecular complexity index is 2070. The average molecular weight is 1230 g/mol. The van der Waals surface area contributed by atoms with Gasteiger partial charge in [0, 0.05) is 12.8 Å². The van der Waals surface area contributed by atoms with Crippen LogP contribution in [0.25, 0.3) is 0 Å². The standard InChI is InChI=1S/C80H129NO8/c1-6-8-10-12-14-16-18-20-22-24-26-28-30-32-34-36-37-38-39-40-41-43-45-47-49-51-53-55-57-59-61-63-65-67-69-71-78(83)89-76(75-88-80(79(84)85)86-73-72-81(3,4)5)74-87-77(82)70-68-66-64-62-60-58-56-54-52-50-48-46-44-42-35-33-31-29-27-25-23-21-19-17-15-13-11-9-7-2/h8-11,14-17,20-23,26-29,32-35,37-38,40-41,44-47,76,80H,6-7,12-13,18-19,24-25,30-31,36,39,42-43,48-75H2,1-5H3/p+1/b10-8-,11-9-,16-14-,17-15-,22-20-,23-21-,28-26-,29-27-,34-32-,35-33-,38-37-,41-40-,46-44-,47-45-. The summed E-state index contributed by atoms with van der Waals surface area (Å²) in [5, 5.41) is 9.75. The Balaban J connectivity index is 4.20. The molecule has 0 aliphatic rings. The third kappa shape index (κ3) is 70.0. The number of aliphatic carboxylic acids is 1. The zero-order chi connectivity index (χ0) is 64.7. The maximum Gasteiger partial charge on any atom is 0.361 e. The van der Waals surface area contributed by atoms with Crippen LogP contribution < -0.4 is 0 Å². The molecule has 0 rings (SSSR count). The lowest BCUT2D eigenvalue weighted by Crippen LogP contribution is -2.40. The van der Waals surface area contributed by atoms with Crippen molar-refractivity contribution >= 4 is 17.9 Å². The fourth-order valence-electron chi connectivity index (χ4n) is 9.15. The van der Waals surface area contributed by atoms with E-state index in [1.165, 1.54) is 77.0 Å². The molecule has 9 nitrogen and oxygen atoms in total. The smallest absolute Gasteiger partial charge is 0.361 e. The van der Waals surface area contributed by atoms with Gasteiger partial charge in [0.1, 0.15) is 13.2 Å². The van der Waals surface area contributed by atoms with Crippen molar-refractivity contribution in [1.29, 1.82) is 0 Å². The fourth-order valence-corrected chi connectivity index (χ4v) is 9.15. The Morgan fingerprint density at radius 3 is 0.899 bits per heavy atom. The molecule has 2 unspecified atom stereocenters. The van der Waals surface area contributed by atoms with E-state index in [9.17, 15) is 19.5 Å². The number of carbonyl (C=O) groups is 3. The fraction of sp³-hybridized carbons (Fsp3) is 0.613. The number of allylic oxidation sites excluding steroid dienone is 28. The molecule has 0 heterocycles. The van der Waals surface area contributed by atoms with Gasteiger partial charge in [-0.15, -0.1) is 0 Å². The van der Waals surface area contributed by atoms with Crippen LogP contribution in [0.2, 0.25) is 0 Å². The minimum absolute atomic E-state index is 0.177. The van der Waals surface area contributed by atoms with Crippen molar-refractivity contribution in [2.45, 2.75) is 270 Å². The zero-order valence-electron chi connectivity index (χ0n) is 57.3. The van der Waals surface area contributed by atoms with E-state index in [2.05, 4.69) is 184 Å². The summed E-state index contributed by atoms with van der Waals surface area (Å²) in [4.78, 5) is 37.7. The molecule has 0 bridgehead atoms. The summed E-state index contributed by atoms with van der Waals surface area (Å²) < 4.78 is 23.0. The van der Waals surface area contributed by atoms with Gasteiger partial charge in [-0.05, 0) is 128 Å². The Morgan fingerprint density at radius 1 is 0.337 bits per heavy atom. The molecule has 2 atom stereocenters. The van der Waals surface area contributed by atoms with E-state index in [1.54, 1.807) is 0 Å². The molecule has 502 valence electrons. The van der Waals surface area contributed by atoms with Gasteiger partial charge in [-0.2, -0.15) is 0 Å². The van der Waals surface area contributed by atoms with Gasteiger partial charge in [-0.1, -0.05) is 287 Å². The Morgan fingerprint density at radius 2 is 0.607 bits per heavy atom. The van der Waals surface area contributed by atoms with Crippen molar-refractivity contribution in [2.24, 2.45) is 0 Å². The minimum atomic E-state index is -1.52. The number of rotatable bonds is 63. The molecule has 89 heavy (non-hydrogen) atoms. The van der Waals surface area contributed by atoms with Gasteiger partial charge in [0.05, 0.1) is 34.4 Å². The second-order valence-electron chi connectivity index (χ2n) is 24.1. The third-order valence-corrected chi connectivity index (χ3v) is 14.5. The number of unbranched alkanes of at least 4 members (excludes halogenated alkanes) is 20. The largest absolute Gasteiger partial charge is 0.477 e. The highest BCUT2D eigenvalue weighted by molar-refractivity contribution is 5.71. The van der Waals surface area contributed by atoms with E-state index in [0.29, 0.717) is 17.4 Å². The molecule has 0 aliphatic heterocycles. The maximum absolute atomic E-state index is 13.0. The number of likely N-dealkylation sites (N-methyl/N-ethyl adjacent to an activating group) is 1. The van der Waals surface area contributed by atoms with Gasteiger partial charge in [-0.3, -0.25) is 9.59 Å². The quantitative estimate of drug-likeness (QED) is 0.0211. The highest BCUT2D eigenvalue weighted by Crippen LogP contribution is 2.16. The summed E-state index contributed by atoms with van der Waals surface area (Å²) in [6.45, 7) is 4.63. The highest BCUT2D eigenvalue weighted by Gasteiger charge is 2.25. The molecule has 0 aliphatic carbocycles. The van der Waals surface area contributed by atoms with Crippen LogP contribution in [0.5, 0.6) is 0 Å². The predicted octanol–water partition coefficient (Wildman–Crippen LogP) is 22.2. The number of quaternary nitrogens is 1. The van der Waals surface area contributed by atoms with Gasteiger partial charge in [-0.25, -0.2) is 4.79 Å². The molecule has 0 amide bonds. The molecule has 1 N–H and O–H groups in total. The number of esters is 2. The van der Waals surface area contributed by atoms with Crippen LogP contribution in [0, 0.1) is 0 Å². The maximum atomic E-state index is 13.0. The van der Waals surface area contributed by atoms with E-state index in [4.69, 9.17) is 18.9 Å². The van der Waals surface area contributed by atoms with Crippen LogP contribution in [0.3, 0.4) is 0 Å². The lowest BCUT2D eigenvalue weighted by atomic mass is 10.0. The van der Waals surface area contributed by atoms with Gasteiger partial charge >= 0.3 is 17.9 Å². The molecule has 0 aromatic rings. The molecule has 0 spiro atoms. The molecule has 9 heteroatoms. The molecule has 0 aromatic heterocycles. The third-order valence-electron chi connectivity index (χ3n) is 14.5. The summed E-state index contributed by atoms with van der Waals surface area (Å²) in [6, 6.07) is 0. The van der Waals surface area contributed by atoms with Gasteiger partial charge in [0.25, 0.3) is 6.29 Å². The first-order valence-corrected chi connectivity index (χ1v) is 35.3. The lowest BCUT2D eigenvalue weighted by Gasteiger charge is -2.25. The molecule has 0 aromatic carbocycles. The number of hydrogen-bond acceptors (Lipinski definition) is 7. The minimum Gasteiger partial charge on any atom is -0.477 e. The second kappa shape index (κ2) is 68.6. The van der Waals surface area contributed by atoms with Crippen molar-refractivity contribution in [1.82, 2.24) is 0 Å². The summed E-state index contributed by atoms with van der Waals surface area (Å²) in [5.41, 5.74) is 0. The molecule has 0 saturated heterocycles. The molecular weight excluding hydrogens is 1100 g/mol. The summed E-state index contributed by atoms with van der Waals surface area (Å²) >= 11 is 0. The van der Waals surface area contributed by atoms with Crippen LogP contribution in [0.15, 0.2) is 170 Å². The number of nitrogens with zero attached hydrogens (tertiary/aromatic N) is 1. The lowest BCUT2D eigenvalue weighted by molar-refractivity contribution is -0.870. The van der Waals surface area contributed by atoms with Gasteiger partial charge in [0.2, 0.25) is 0 Å². The molecule has 0 fully saturated rings. The number of carbonyl (C=O) groups excluding carboxylic acids is 2. The van der Waals surface area contributed by atoms with Gasteiger partial charge in [0.15, 0.2) is 6.10 Å². The summed E-state index contributed by atoms with van der Waals surface area (Å²) in [6.07, 6.45) is 100. The Labute approximate surface area is 546 Å². The Kier molecular flexibility index (Phi) is 64.4. The van der Waals surface area contributed by atoms with Crippen LogP contribution in [-0.4, -0.2) is 87.4 Å². The summed E-state index contributed by atoms with van der Waals surface area (Å²) in [7, 11) is 5.96. The predicted molar refractivity (Wildman–Crippen MR) is 382 cm³/mol. The second-order valence-corrected chi connectivity index (χ2v) is 24.1. The first kappa shape index (κ1) is 83.7. The normalized spacial score (nSPS) is 13.8. The van der Waals surface area contributed by atoms with E-state index in [0.717, 1.165) is 148 Å². The number of carboxylic acids is 1. The van der Waals surface area contributed by atoms with Crippen LogP contribution in [-0.2, 0) is 33.3 Å². The van der Waals surface area contributed by atoms with Crippen LogP contribution >= 0.6 is 0 Å². The summed E-state index contributed by atoms with van der Waals surface area (Å²) in [5.74, 6) is -2.03. The van der Waals surface area contributed by atoms with Crippen molar-refractivity contribution < 1.29 is 42.9 Å². The van der Waals surface area contributed by atoms with Crippen molar-refractivity contribution in [3.63, 3.8) is 0 Å². The number of ether oxygens (including phenoxy) is 4. The molecule has 0 radical (unpaired) electrons. The van der Waals surface area contributed by atoms with E-state index in [1.807, 2.05) is 21.1 Å². The first-order valence-electron chi connectivity index (χ1n) is 35.3. The van der Waals surface area contributed by atoms with E-state index in [-0.39, 0.29) is 38.6 Å². The number of carboxylic acid groups (broad SMARTS) is 1. The average Bonchev–Trinajstić information content (AvgIpc) is 3.64. The highest BCUT2D eigenvalue weighted by atomic mass is 16.7. The van der Waals surface area contributed by atoms with Crippen LogP contribution in [0.1, 0.15) is 258 Å². The van der Waals surface area contributed by atoms with Crippen molar-refractivity contribution in [3.8, 4) is 0 Å². The van der Waals surface area contributed by atoms with E-state index < -0.39 is 24.3 Å². The zero-order valence-corrected chi connectivity index (χ0v) is 57.3. The van der Waals surface area contributed by atoms with Crippen LogP contribution in [0.4, 0.5) is 0 Å². The van der Waals surface area contributed by atoms with Crippen molar-refractivity contribution in [3.05, 3.63) is 170 Å². The topological polar surface area (TPSA) is 108 Å². The Hall–Kier alpha value is -5.35. The molecular formula is C80H130NO8+. The van der Waals surface area contributed by atoms with Gasteiger partial charge < -0.3 is 28.5 Å². The monoisotopic (exact) mass is 1230 g/mol. The van der Waals surface area contributed by atoms with E-state index >= 15 is 0 Å². The van der Waals surface area contributed by atoms with Crippen molar-refractivity contribution in [2.75, 3.05) is 47.5 Å². The first-order chi connectivity index (χ1) is 43.6. The molecule has 0 saturated carbocycles.